The fourth-order valence-electron chi connectivity index (χ4n) is 1.99. The summed E-state index contributed by atoms with van der Waals surface area (Å²) in [4.78, 5) is 19.9. The van der Waals surface area contributed by atoms with Gasteiger partial charge in [-0.1, -0.05) is 0 Å². The van der Waals surface area contributed by atoms with Crippen molar-refractivity contribution in [3.05, 3.63) is 65.4 Å². The summed E-state index contributed by atoms with van der Waals surface area (Å²) in [5.74, 6) is -0.404. The van der Waals surface area contributed by atoms with Crippen molar-refractivity contribution in [2.45, 2.75) is 0 Å². The summed E-state index contributed by atoms with van der Waals surface area (Å²) < 4.78 is 23.6. The van der Waals surface area contributed by atoms with Crippen molar-refractivity contribution in [2.24, 2.45) is 4.99 Å². The number of rotatable bonds is 3. The van der Waals surface area contributed by atoms with E-state index in [9.17, 15) is 9.18 Å². The van der Waals surface area contributed by atoms with Gasteiger partial charge in [0.25, 0.3) is 0 Å². The number of esters is 1. The first-order valence-electron chi connectivity index (χ1n) is 6.44. The molecule has 0 fully saturated rings. The van der Waals surface area contributed by atoms with Crippen LogP contribution >= 0.6 is 0 Å². The van der Waals surface area contributed by atoms with Crippen molar-refractivity contribution in [3.8, 4) is 5.75 Å². The van der Waals surface area contributed by atoms with E-state index in [0.29, 0.717) is 16.9 Å². The zero-order chi connectivity index (χ0) is 15.5. The molecule has 0 N–H and O–H groups in total. The van der Waals surface area contributed by atoms with Gasteiger partial charge in [0.2, 0.25) is 5.90 Å². The van der Waals surface area contributed by atoms with E-state index in [1.165, 1.54) is 31.4 Å². The number of hydrogen-bond donors (Lipinski definition) is 0. The summed E-state index contributed by atoms with van der Waals surface area (Å²) in [7, 11) is 1.47. The fourth-order valence-corrected chi connectivity index (χ4v) is 1.99. The molecule has 0 spiro atoms. The molecular formula is C16H11FN2O3. The molecule has 3 rings (SSSR count). The Morgan fingerprint density at radius 2 is 2.00 bits per heavy atom. The van der Waals surface area contributed by atoms with Gasteiger partial charge in [0, 0.05) is 23.5 Å². The van der Waals surface area contributed by atoms with Gasteiger partial charge in [0.1, 0.15) is 11.6 Å². The van der Waals surface area contributed by atoms with Gasteiger partial charge in [-0.2, -0.15) is 0 Å². The molecule has 0 atom stereocenters. The molecule has 0 amide bonds. The van der Waals surface area contributed by atoms with Gasteiger partial charge in [-0.25, -0.2) is 14.2 Å². The van der Waals surface area contributed by atoms with Crippen LogP contribution in [0.15, 0.2) is 53.4 Å². The molecule has 0 saturated heterocycles. The third kappa shape index (κ3) is 2.71. The summed E-state index contributed by atoms with van der Waals surface area (Å²) in [5.41, 5.74) is 1.13. The maximum absolute atomic E-state index is 13.4. The molecule has 1 aromatic carbocycles. The molecule has 5 nitrogen and oxygen atoms in total. The number of carbonyl (C=O) groups excluding carboxylic acids is 1. The second-order valence-corrected chi connectivity index (χ2v) is 4.46. The van der Waals surface area contributed by atoms with Crippen molar-refractivity contribution in [3.63, 3.8) is 0 Å². The van der Waals surface area contributed by atoms with Crippen LogP contribution in [0.5, 0.6) is 5.75 Å². The fraction of sp³-hybridized carbons (Fsp3) is 0.0625. The SMILES string of the molecule is COc1ccc(F)cc1/C=C1/N=C(c2ccncc2)OC1=O. The Kier molecular flexibility index (Phi) is 3.65. The predicted molar refractivity (Wildman–Crippen MR) is 77.8 cm³/mol. The lowest BCUT2D eigenvalue weighted by Gasteiger charge is -2.04. The minimum absolute atomic E-state index is 0.0794. The Bertz CT molecular complexity index is 785. The molecule has 1 aromatic heterocycles. The summed E-state index contributed by atoms with van der Waals surface area (Å²) in [6.45, 7) is 0. The number of halogens is 1. The molecule has 0 unspecified atom stereocenters. The molecule has 1 aliphatic heterocycles. The van der Waals surface area contributed by atoms with Crippen LogP contribution < -0.4 is 4.74 Å². The molecule has 0 radical (unpaired) electrons. The zero-order valence-corrected chi connectivity index (χ0v) is 11.6. The number of ether oxygens (including phenoxy) is 2. The van der Waals surface area contributed by atoms with E-state index >= 15 is 0 Å². The topological polar surface area (TPSA) is 60.8 Å². The van der Waals surface area contributed by atoms with E-state index in [1.807, 2.05) is 0 Å². The minimum Gasteiger partial charge on any atom is -0.496 e. The molecule has 110 valence electrons. The van der Waals surface area contributed by atoms with Crippen LogP contribution in [-0.2, 0) is 9.53 Å². The number of hydrogen-bond acceptors (Lipinski definition) is 5. The first-order chi connectivity index (χ1) is 10.7. The zero-order valence-electron chi connectivity index (χ0n) is 11.6. The number of nitrogens with zero attached hydrogens (tertiary/aromatic N) is 2. The second-order valence-electron chi connectivity index (χ2n) is 4.46. The number of cyclic esters (lactones) is 1. The highest BCUT2D eigenvalue weighted by Crippen LogP contribution is 2.25. The Morgan fingerprint density at radius 1 is 1.23 bits per heavy atom. The van der Waals surface area contributed by atoms with Gasteiger partial charge in [-0.3, -0.25) is 4.98 Å². The minimum atomic E-state index is -0.599. The largest absolute Gasteiger partial charge is 0.496 e. The first kappa shape index (κ1) is 13.9. The van der Waals surface area contributed by atoms with Crippen LogP contribution in [0.4, 0.5) is 4.39 Å². The van der Waals surface area contributed by atoms with Gasteiger partial charge in [0.05, 0.1) is 7.11 Å². The van der Waals surface area contributed by atoms with E-state index in [2.05, 4.69) is 9.98 Å². The monoisotopic (exact) mass is 298 g/mol. The molecule has 22 heavy (non-hydrogen) atoms. The molecule has 0 saturated carbocycles. The van der Waals surface area contributed by atoms with E-state index in [-0.39, 0.29) is 11.6 Å². The lowest BCUT2D eigenvalue weighted by molar-refractivity contribution is -0.129. The summed E-state index contributed by atoms with van der Waals surface area (Å²) in [6.07, 6.45) is 4.57. The number of methoxy groups -OCH3 is 1. The third-order valence-corrected chi connectivity index (χ3v) is 3.03. The summed E-state index contributed by atoms with van der Waals surface area (Å²) >= 11 is 0. The van der Waals surface area contributed by atoms with Crippen molar-refractivity contribution in [2.75, 3.05) is 7.11 Å². The highest BCUT2D eigenvalue weighted by Gasteiger charge is 2.24. The smallest absolute Gasteiger partial charge is 0.363 e. The van der Waals surface area contributed by atoms with E-state index < -0.39 is 11.8 Å². The number of pyridine rings is 1. The third-order valence-electron chi connectivity index (χ3n) is 3.03. The van der Waals surface area contributed by atoms with E-state index in [1.54, 1.807) is 24.5 Å². The molecular weight excluding hydrogens is 287 g/mol. The quantitative estimate of drug-likeness (QED) is 0.645. The van der Waals surface area contributed by atoms with Gasteiger partial charge < -0.3 is 9.47 Å². The first-order valence-corrected chi connectivity index (χ1v) is 6.44. The maximum atomic E-state index is 13.4. The molecule has 0 bridgehead atoms. The van der Waals surface area contributed by atoms with Crippen molar-refractivity contribution < 1.29 is 18.7 Å². The Labute approximate surface area is 125 Å². The normalized spacial score (nSPS) is 15.6. The van der Waals surface area contributed by atoms with Crippen LogP contribution in [0.2, 0.25) is 0 Å². The van der Waals surface area contributed by atoms with Gasteiger partial charge in [0.15, 0.2) is 5.70 Å². The molecule has 2 heterocycles. The van der Waals surface area contributed by atoms with Crippen LogP contribution in [0.1, 0.15) is 11.1 Å². The predicted octanol–water partition coefficient (Wildman–Crippen LogP) is 2.57. The number of aromatic nitrogens is 1. The number of carbonyl (C=O) groups is 1. The Hall–Kier alpha value is -3.02. The van der Waals surface area contributed by atoms with E-state index in [4.69, 9.17) is 9.47 Å². The Morgan fingerprint density at radius 3 is 2.73 bits per heavy atom. The van der Waals surface area contributed by atoms with Gasteiger partial charge in [-0.05, 0) is 36.4 Å². The average Bonchev–Trinajstić information content (AvgIpc) is 2.90. The Balaban J connectivity index is 2.00. The maximum Gasteiger partial charge on any atom is 0.363 e. The van der Waals surface area contributed by atoms with Gasteiger partial charge >= 0.3 is 5.97 Å². The molecule has 6 heteroatoms. The average molecular weight is 298 g/mol. The highest BCUT2D eigenvalue weighted by molar-refractivity contribution is 6.12. The second kappa shape index (κ2) is 5.77. The van der Waals surface area contributed by atoms with Crippen LogP contribution in [0.25, 0.3) is 6.08 Å². The lowest BCUT2D eigenvalue weighted by atomic mass is 10.1. The van der Waals surface area contributed by atoms with Crippen LogP contribution in [-0.4, -0.2) is 24.0 Å². The molecule has 2 aromatic rings. The molecule has 1 aliphatic rings. The number of aliphatic imine (C=N–C) groups is 1. The van der Waals surface area contributed by atoms with Crippen molar-refractivity contribution >= 4 is 17.9 Å². The van der Waals surface area contributed by atoms with Crippen LogP contribution in [0.3, 0.4) is 0 Å². The van der Waals surface area contributed by atoms with E-state index in [0.717, 1.165) is 0 Å². The van der Waals surface area contributed by atoms with Crippen LogP contribution in [0, 0.1) is 5.82 Å². The van der Waals surface area contributed by atoms with Gasteiger partial charge in [-0.15, -0.1) is 0 Å². The molecule has 0 aliphatic carbocycles. The summed E-state index contributed by atoms with van der Waals surface area (Å²) in [5, 5.41) is 0. The number of benzene rings is 1. The highest BCUT2D eigenvalue weighted by atomic mass is 19.1. The standard InChI is InChI=1S/C16H11FN2O3/c1-21-14-3-2-12(17)8-11(14)9-13-16(20)22-15(19-13)10-4-6-18-7-5-10/h2-9H,1H3/b13-9+. The summed E-state index contributed by atoms with van der Waals surface area (Å²) in [6, 6.07) is 7.38. The van der Waals surface area contributed by atoms with Crippen molar-refractivity contribution in [1.29, 1.82) is 0 Å². The van der Waals surface area contributed by atoms with Crippen molar-refractivity contribution in [1.82, 2.24) is 4.98 Å². The lowest BCUT2D eigenvalue weighted by Crippen LogP contribution is -2.05.